The molecule has 2 fully saturated rings. The summed E-state index contributed by atoms with van der Waals surface area (Å²) in [5.41, 5.74) is 4.94. The van der Waals surface area contributed by atoms with Gasteiger partial charge in [0, 0.05) is 52.9 Å². The van der Waals surface area contributed by atoms with Gasteiger partial charge < -0.3 is 4.90 Å². The van der Waals surface area contributed by atoms with E-state index in [1.807, 2.05) is 6.07 Å². The zero-order valence-electron chi connectivity index (χ0n) is 14.5. The highest BCUT2D eigenvalue weighted by atomic mass is 16.5. The van der Waals surface area contributed by atoms with E-state index in [1.165, 1.54) is 25.9 Å². The normalized spacial score (nSPS) is 26.5. The Morgan fingerprint density at radius 2 is 2.25 bits per heavy atom. The summed E-state index contributed by atoms with van der Waals surface area (Å²) in [7, 11) is 2.20. The molecule has 134 valence electrons. The van der Waals surface area contributed by atoms with Gasteiger partial charge in [0.1, 0.15) is 0 Å². The van der Waals surface area contributed by atoms with E-state index in [4.69, 9.17) is 5.21 Å². The molecule has 1 amide bonds. The number of fused-ring (bicyclic) bond motifs is 1. The SMILES string of the molecule is CC[C@H]1Cc2ncc(C(=O)NO)cc2CN1C1CC2(C1)CN(C)C2.[HH].[HH]. The maximum atomic E-state index is 11.6. The second-order valence-electron chi connectivity index (χ2n) is 7.94. The number of rotatable bonds is 3. The quantitative estimate of drug-likeness (QED) is 0.653. The summed E-state index contributed by atoms with van der Waals surface area (Å²) in [5, 5.41) is 8.83. The van der Waals surface area contributed by atoms with Crippen molar-refractivity contribution < 1.29 is 12.9 Å². The maximum absolute atomic E-state index is 11.6. The smallest absolute Gasteiger partial charge is 0.276 e. The second kappa shape index (κ2) is 5.79. The highest BCUT2D eigenvalue weighted by Crippen LogP contribution is 2.51. The molecule has 6 nitrogen and oxygen atoms in total. The van der Waals surface area contributed by atoms with Crippen molar-refractivity contribution in [3.8, 4) is 0 Å². The lowest BCUT2D eigenvalue weighted by molar-refractivity contribution is -0.112. The molecular formula is C18H30N4O2. The lowest BCUT2D eigenvalue weighted by Gasteiger charge is -2.61. The molecule has 1 saturated carbocycles. The average Bonchev–Trinajstić information content (AvgIpc) is 2.54. The van der Waals surface area contributed by atoms with Gasteiger partial charge in [0.25, 0.3) is 5.91 Å². The van der Waals surface area contributed by atoms with Crippen molar-refractivity contribution in [2.75, 3.05) is 20.1 Å². The summed E-state index contributed by atoms with van der Waals surface area (Å²) in [6.07, 6.45) is 6.25. The van der Waals surface area contributed by atoms with E-state index in [-0.39, 0.29) is 2.85 Å². The maximum Gasteiger partial charge on any atom is 0.276 e. The fourth-order valence-corrected chi connectivity index (χ4v) is 5.05. The van der Waals surface area contributed by atoms with E-state index in [2.05, 4.69) is 28.8 Å². The largest absolute Gasteiger partial charge is 0.305 e. The third-order valence-corrected chi connectivity index (χ3v) is 6.16. The number of carbonyl (C=O) groups is 1. The Balaban J connectivity index is 0.00000121. The van der Waals surface area contributed by atoms with Crippen LogP contribution < -0.4 is 5.48 Å². The van der Waals surface area contributed by atoms with E-state index in [0.29, 0.717) is 23.1 Å². The molecule has 24 heavy (non-hydrogen) atoms. The monoisotopic (exact) mass is 334 g/mol. The van der Waals surface area contributed by atoms with E-state index in [9.17, 15) is 4.79 Å². The summed E-state index contributed by atoms with van der Waals surface area (Å²) >= 11 is 0. The van der Waals surface area contributed by atoms with Gasteiger partial charge in [0.05, 0.1) is 5.56 Å². The minimum atomic E-state index is -0.491. The summed E-state index contributed by atoms with van der Waals surface area (Å²) in [6.45, 7) is 5.60. The van der Waals surface area contributed by atoms with Crippen LogP contribution in [0.15, 0.2) is 12.3 Å². The number of hydrogen-bond acceptors (Lipinski definition) is 5. The van der Waals surface area contributed by atoms with Crippen LogP contribution in [0.25, 0.3) is 0 Å². The van der Waals surface area contributed by atoms with Crippen molar-refractivity contribution in [3.63, 3.8) is 0 Å². The molecule has 1 aliphatic carbocycles. The number of amides is 1. The molecule has 4 rings (SSSR count). The first-order valence-electron chi connectivity index (χ1n) is 8.90. The highest BCUT2D eigenvalue weighted by molar-refractivity contribution is 5.93. The molecule has 6 heteroatoms. The van der Waals surface area contributed by atoms with Gasteiger partial charge >= 0.3 is 0 Å². The average molecular weight is 334 g/mol. The number of hydrogen-bond donors (Lipinski definition) is 2. The van der Waals surface area contributed by atoms with Gasteiger partial charge in [-0.25, -0.2) is 5.48 Å². The molecule has 0 radical (unpaired) electrons. The number of aromatic nitrogens is 1. The number of hydroxylamine groups is 1. The fraction of sp³-hybridized carbons (Fsp3) is 0.667. The third kappa shape index (κ3) is 2.53. The Kier molecular flexibility index (Phi) is 3.86. The first-order valence-corrected chi connectivity index (χ1v) is 8.90. The predicted molar refractivity (Wildman–Crippen MR) is 94.0 cm³/mol. The lowest BCUT2D eigenvalue weighted by atomic mass is 9.60. The molecule has 1 aromatic heterocycles. The van der Waals surface area contributed by atoms with Gasteiger partial charge in [-0.2, -0.15) is 0 Å². The van der Waals surface area contributed by atoms with Crippen LogP contribution in [-0.2, 0) is 13.0 Å². The van der Waals surface area contributed by atoms with Crippen molar-refractivity contribution in [3.05, 3.63) is 29.1 Å². The van der Waals surface area contributed by atoms with Gasteiger partial charge in [-0.3, -0.25) is 19.9 Å². The van der Waals surface area contributed by atoms with Gasteiger partial charge in [0.15, 0.2) is 0 Å². The Morgan fingerprint density at radius 1 is 1.50 bits per heavy atom. The molecule has 1 saturated heterocycles. The van der Waals surface area contributed by atoms with Crippen molar-refractivity contribution in [1.29, 1.82) is 0 Å². The Labute approximate surface area is 145 Å². The lowest BCUT2D eigenvalue weighted by Crippen LogP contribution is -2.66. The fourth-order valence-electron chi connectivity index (χ4n) is 5.05. The minimum absolute atomic E-state index is 0. The zero-order valence-corrected chi connectivity index (χ0v) is 14.5. The number of nitrogens with one attached hydrogen (secondary N) is 1. The van der Waals surface area contributed by atoms with Crippen LogP contribution in [0, 0.1) is 5.41 Å². The van der Waals surface area contributed by atoms with E-state index < -0.39 is 5.91 Å². The molecular weight excluding hydrogens is 304 g/mol. The van der Waals surface area contributed by atoms with Crippen molar-refractivity contribution >= 4 is 5.91 Å². The number of carbonyl (C=O) groups excluding carboxylic acids is 1. The molecule has 3 aliphatic rings. The summed E-state index contributed by atoms with van der Waals surface area (Å²) in [6, 6.07) is 3.09. The number of likely N-dealkylation sites (tertiary alicyclic amines) is 1. The molecule has 0 aromatic carbocycles. The third-order valence-electron chi connectivity index (χ3n) is 6.16. The molecule has 0 unspecified atom stereocenters. The van der Waals surface area contributed by atoms with Crippen LogP contribution in [-0.4, -0.2) is 58.1 Å². The van der Waals surface area contributed by atoms with Crippen LogP contribution in [0.4, 0.5) is 0 Å². The van der Waals surface area contributed by atoms with Crippen LogP contribution in [0.2, 0.25) is 0 Å². The van der Waals surface area contributed by atoms with Crippen LogP contribution >= 0.6 is 0 Å². The van der Waals surface area contributed by atoms with Gasteiger partial charge in [-0.15, -0.1) is 0 Å². The summed E-state index contributed by atoms with van der Waals surface area (Å²) < 4.78 is 0. The van der Waals surface area contributed by atoms with Crippen LogP contribution in [0.3, 0.4) is 0 Å². The first-order chi connectivity index (χ1) is 11.5. The van der Waals surface area contributed by atoms with E-state index >= 15 is 0 Å². The predicted octanol–water partition coefficient (Wildman–Crippen LogP) is 1.92. The van der Waals surface area contributed by atoms with Gasteiger partial charge in [-0.1, -0.05) is 6.92 Å². The summed E-state index contributed by atoms with van der Waals surface area (Å²) in [4.78, 5) is 21.2. The summed E-state index contributed by atoms with van der Waals surface area (Å²) in [5.74, 6) is -0.491. The standard InChI is InChI=1S/C18H26N4O2.2H2/c1-3-14-5-16-13(4-12(8-19-16)17(23)20-24)9-22(14)15-6-18(7-15)10-21(2)11-18;;/h4,8,14-15,24H,3,5-7,9-11H2,1-2H3,(H,20,23);2*1H/t14-;;/m0../s1. The first kappa shape index (κ1) is 16.0. The minimum Gasteiger partial charge on any atom is -0.305 e. The van der Waals surface area contributed by atoms with Crippen LogP contribution in [0.5, 0.6) is 0 Å². The molecule has 1 atom stereocenters. The molecule has 2 N–H and O–H groups in total. The Hall–Kier alpha value is -1.50. The number of nitrogens with zero attached hydrogens (tertiary/aromatic N) is 3. The van der Waals surface area contributed by atoms with E-state index in [0.717, 1.165) is 30.6 Å². The van der Waals surface area contributed by atoms with Crippen molar-refractivity contribution in [1.82, 2.24) is 20.3 Å². The molecule has 0 bridgehead atoms. The Morgan fingerprint density at radius 3 is 2.88 bits per heavy atom. The number of pyridine rings is 1. The zero-order chi connectivity index (χ0) is 16.9. The van der Waals surface area contributed by atoms with E-state index in [1.54, 1.807) is 11.7 Å². The molecule has 3 heterocycles. The van der Waals surface area contributed by atoms with Gasteiger partial charge in [0.2, 0.25) is 0 Å². The molecule has 1 aromatic rings. The van der Waals surface area contributed by atoms with Gasteiger partial charge in [-0.05, 0) is 43.4 Å². The van der Waals surface area contributed by atoms with Crippen LogP contribution in [0.1, 0.15) is 50.7 Å². The second-order valence-corrected chi connectivity index (χ2v) is 7.94. The highest BCUT2D eigenvalue weighted by Gasteiger charge is 2.53. The molecule has 2 aliphatic heterocycles. The Bertz CT molecular complexity index is 659. The molecule has 1 spiro atoms. The van der Waals surface area contributed by atoms with Crippen molar-refractivity contribution in [2.24, 2.45) is 5.41 Å². The van der Waals surface area contributed by atoms with Crippen molar-refractivity contribution in [2.45, 2.75) is 51.2 Å². The topological polar surface area (TPSA) is 68.7 Å².